The van der Waals surface area contributed by atoms with Gasteiger partial charge in [-0.1, -0.05) is 13.0 Å². The Bertz CT molecular complexity index is 567. The van der Waals surface area contributed by atoms with Gasteiger partial charge in [-0.2, -0.15) is 0 Å². The topological polar surface area (TPSA) is 55.8 Å². The van der Waals surface area contributed by atoms with Crippen molar-refractivity contribution in [3.05, 3.63) is 29.1 Å². The van der Waals surface area contributed by atoms with Gasteiger partial charge in [0.25, 0.3) is 0 Å². The summed E-state index contributed by atoms with van der Waals surface area (Å²) in [6.07, 6.45) is 0.423. The van der Waals surface area contributed by atoms with Crippen molar-refractivity contribution in [1.82, 2.24) is 0 Å². The number of benzene rings is 1. The molecule has 1 N–H and O–H groups in total. The van der Waals surface area contributed by atoms with E-state index in [1.54, 1.807) is 13.0 Å². The van der Waals surface area contributed by atoms with Gasteiger partial charge in [-0.25, -0.2) is 9.18 Å². The maximum Gasteiger partial charge on any atom is 0.494 e. The number of carboxylic acids is 1. The van der Waals surface area contributed by atoms with E-state index in [0.717, 1.165) is 0 Å². The highest BCUT2D eigenvalue weighted by Gasteiger charge is 2.51. The summed E-state index contributed by atoms with van der Waals surface area (Å²) in [5, 5.41) is 9.10. The fourth-order valence-corrected chi connectivity index (χ4v) is 2.32. The van der Waals surface area contributed by atoms with Gasteiger partial charge in [-0.05, 0) is 51.2 Å². The van der Waals surface area contributed by atoms with Gasteiger partial charge in [-0.3, -0.25) is 0 Å². The molecule has 0 atom stereocenters. The van der Waals surface area contributed by atoms with Crippen molar-refractivity contribution in [3.8, 4) is 0 Å². The smallest absolute Gasteiger partial charge is 0.478 e. The van der Waals surface area contributed by atoms with Crippen LogP contribution >= 0.6 is 0 Å². The second-order valence-electron chi connectivity index (χ2n) is 6.28. The normalized spacial score (nSPS) is 19.8. The maximum absolute atomic E-state index is 14.1. The van der Waals surface area contributed by atoms with Gasteiger partial charge in [0, 0.05) is 0 Å². The van der Waals surface area contributed by atoms with Crippen molar-refractivity contribution in [1.29, 1.82) is 0 Å². The second-order valence-corrected chi connectivity index (χ2v) is 6.28. The third-order valence-corrected chi connectivity index (χ3v) is 4.31. The summed E-state index contributed by atoms with van der Waals surface area (Å²) in [4.78, 5) is 11.1. The standard InChI is InChI=1S/C15H20BFO4/c1-6-9-7-10(8-11(17)12(9)13(18)19)16-20-14(2,3)15(4,5)21-16/h7-8H,6H2,1-5H3,(H,18,19). The molecule has 1 aliphatic heterocycles. The maximum atomic E-state index is 14.1. The number of hydrogen-bond donors (Lipinski definition) is 1. The zero-order valence-corrected chi connectivity index (χ0v) is 13.0. The molecule has 0 aromatic heterocycles. The molecule has 21 heavy (non-hydrogen) atoms. The van der Waals surface area contributed by atoms with Gasteiger partial charge in [0.15, 0.2) is 0 Å². The van der Waals surface area contributed by atoms with E-state index in [1.165, 1.54) is 6.07 Å². The van der Waals surface area contributed by atoms with E-state index in [0.29, 0.717) is 17.4 Å². The first kappa shape index (κ1) is 16.0. The third-order valence-electron chi connectivity index (χ3n) is 4.31. The van der Waals surface area contributed by atoms with E-state index in [1.807, 2.05) is 27.7 Å². The first-order chi connectivity index (χ1) is 9.59. The highest BCUT2D eigenvalue weighted by atomic mass is 19.1. The Morgan fingerprint density at radius 3 is 2.19 bits per heavy atom. The van der Waals surface area contributed by atoms with E-state index >= 15 is 0 Å². The van der Waals surface area contributed by atoms with Crippen LogP contribution in [-0.2, 0) is 15.7 Å². The number of halogens is 1. The predicted octanol–water partition coefficient (Wildman–Crippen LogP) is 2.39. The minimum Gasteiger partial charge on any atom is -0.478 e. The van der Waals surface area contributed by atoms with Gasteiger partial charge in [0.2, 0.25) is 0 Å². The molecule has 114 valence electrons. The van der Waals surface area contributed by atoms with Crippen molar-refractivity contribution in [2.75, 3.05) is 0 Å². The number of hydrogen-bond acceptors (Lipinski definition) is 3. The lowest BCUT2D eigenvalue weighted by Gasteiger charge is -2.32. The Hall–Kier alpha value is -1.40. The van der Waals surface area contributed by atoms with Crippen LogP contribution in [0.4, 0.5) is 4.39 Å². The average Bonchev–Trinajstić information content (AvgIpc) is 2.56. The molecule has 0 unspecified atom stereocenters. The number of aromatic carboxylic acids is 1. The molecule has 0 saturated carbocycles. The lowest BCUT2D eigenvalue weighted by atomic mass is 9.77. The molecule has 2 rings (SSSR count). The molecule has 1 aliphatic rings. The van der Waals surface area contributed by atoms with Crippen molar-refractivity contribution < 1.29 is 23.6 Å². The number of aryl methyl sites for hydroxylation is 1. The molecule has 0 aliphatic carbocycles. The Labute approximate surface area is 124 Å². The van der Waals surface area contributed by atoms with Crippen molar-refractivity contribution in [2.45, 2.75) is 52.2 Å². The monoisotopic (exact) mass is 294 g/mol. The van der Waals surface area contributed by atoms with Crippen LogP contribution in [0.15, 0.2) is 12.1 Å². The minimum absolute atomic E-state index is 0.280. The average molecular weight is 294 g/mol. The molecule has 0 bridgehead atoms. The fourth-order valence-electron chi connectivity index (χ4n) is 2.32. The molecule has 1 aromatic carbocycles. The lowest BCUT2D eigenvalue weighted by Crippen LogP contribution is -2.41. The van der Waals surface area contributed by atoms with Gasteiger partial charge >= 0.3 is 13.1 Å². The molecule has 1 aromatic rings. The first-order valence-electron chi connectivity index (χ1n) is 7.00. The summed E-state index contributed by atoms with van der Waals surface area (Å²) in [6.45, 7) is 9.44. The van der Waals surface area contributed by atoms with Crippen LogP contribution < -0.4 is 5.46 Å². The molecule has 0 amide bonds. The van der Waals surface area contributed by atoms with E-state index in [-0.39, 0.29) is 5.56 Å². The lowest BCUT2D eigenvalue weighted by molar-refractivity contribution is 0.00578. The molecular formula is C15H20BFO4. The molecule has 4 nitrogen and oxygen atoms in total. The van der Waals surface area contributed by atoms with Crippen molar-refractivity contribution >= 4 is 18.6 Å². The summed E-state index contributed by atoms with van der Waals surface area (Å²) < 4.78 is 25.8. The van der Waals surface area contributed by atoms with E-state index in [4.69, 9.17) is 14.4 Å². The van der Waals surface area contributed by atoms with Crippen molar-refractivity contribution in [2.24, 2.45) is 0 Å². The number of rotatable bonds is 3. The Morgan fingerprint density at radius 2 is 1.76 bits per heavy atom. The molecule has 6 heteroatoms. The fraction of sp³-hybridized carbons (Fsp3) is 0.533. The zero-order chi connectivity index (χ0) is 16.0. The Morgan fingerprint density at radius 1 is 1.24 bits per heavy atom. The van der Waals surface area contributed by atoms with Crippen LogP contribution in [-0.4, -0.2) is 29.4 Å². The second kappa shape index (κ2) is 5.11. The van der Waals surface area contributed by atoms with Crippen LogP contribution in [0.5, 0.6) is 0 Å². The molecule has 0 radical (unpaired) electrons. The number of carboxylic acid groups (broad SMARTS) is 1. The van der Waals surface area contributed by atoms with E-state index < -0.39 is 30.1 Å². The minimum atomic E-state index is -1.26. The molecule has 1 saturated heterocycles. The van der Waals surface area contributed by atoms with E-state index in [9.17, 15) is 9.18 Å². The van der Waals surface area contributed by atoms with Crippen LogP contribution in [0.3, 0.4) is 0 Å². The largest absolute Gasteiger partial charge is 0.494 e. The number of carbonyl (C=O) groups is 1. The molecule has 1 heterocycles. The van der Waals surface area contributed by atoms with Crippen molar-refractivity contribution in [3.63, 3.8) is 0 Å². The van der Waals surface area contributed by atoms with Crippen LogP contribution in [0.25, 0.3) is 0 Å². The summed E-state index contributed by atoms with van der Waals surface area (Å²) >= 11 is 0. The van der Waals surface area contributed by atoms with Gasteiger partial charge in [-0.15, -0.1) is 0 Å². The predicted molar refractivity (Wildman–Crippen MR) is 78.5 cm³/mol. The Kier molecular flexibility index (Phi) is 3.89. The zero-order valence-electron chi connectivity index (χ0n) is 13.0. The molecule has 0 spiro atoms. The van der Waals surface area contributed by atoms with Crippen LogP contribution in [0, 0.1) is 5.82 Å². The van der Waals surface area contributed by atoms with E-state index in [2.05, 4.69) is 0 Å². The Balaban J connectivity index is 2.44. The summed E-state index contributed by atoms with van der Waals surface area (Å²) in [7, 11) is -0.697. The van der Waals surface area contributed by atoms with Gasteiger partial charge < -0.3 is 14.4 Å². The highest BCUT2D eigenvalue weighted by Crippen LogP contribution is 2.36. The van der Waals surface area contributed by atoms with Gasteiger partial charge in [0.1, 0.15) is 5.82 Å². The quantitative estimate of drug-likeness (QED) is 0.870. The van der Waals surface area contributed by atoms with Crippen LogP contribution in [0.2, 0.25) is 0 Å². The summed E-state index contributed by atoms with van der Waals surface area (Å²) in [6, 6.07) is 2.83. The highest BCUT2D eigenvalue weighted by molar-refractivity contribution is 6.62. The molecule has 1 fully saturated rings. The summed E-state index contributed by atoms with van der Waals surface area (Å²) in [5.74, 6) is -2.02. The first-order valence-corrected chi connectivity index (χ1v) is 7.00. The van der Waals surface area contributed by atoms with Crippen LogP contribution in [0.1, 0.15) is 50.5 Å². The molecular weight excluding hydrogens is 274 g/mol. The SMILES string of the molecule is CCc1cc(B2OC(C)(C)C(C)(C)O2)cc(F)c1C(=O)O. The summed E-state index contributed by atoms with van der Waals surface area (Å²) in [5.41, 5.74) is -0.379. The third kappa shape index (κ3) is 2.70. The van der Waals surface area contributed by atoms with Gasteiger partial charge in [0.05, 0.1) is 16.8 Å².